The molecule has 0 saturated carbocycles. The molecule has 3 amide bonds. The average Bonchev–Trinajstić information content (AvgIpc) is 3.13. The van der Waals surface area contributed by atoms with Gasteiger partial charge in [-0.1, -0.05) is 6.92 Å². The topological polar surface area (TPSA) is 79.0 Å². The molecule has 0 aliphatic carbocycles. The summed E-state index contributed by atoms with van der Waals surface area (Å²) in [6.07, 6.45) is 1.70. The summed E-state index contributed by atoms with van der Waals surface area (Å²) in [5.41, 5.74) is 2.39. The molecule has 2 aromatic rings. The van der Waals surface area contributed by atoms with E-state index in [2.05, 4.69) is 5.32 Å². The van der Waals surface area contributed by atoms with E-state index in [1.54, 1.807) is 59.4 Å². The molecular formula is C22H23N3O4. The van der Waals surface area contributed by atoms with E-state index in [0.717, 1.165) is 6.42 Å². The number of anilines is 3. The Morgan fingerprint density at radius 1 is 1.14 bits per heavy atom. The summed E-state index contributed by atoms with van der Waals surface area (Å²) in [5.74, 6) is 0.307. The molecule has 7 nitrogen and oxygen atoms in total. The Morgan fingerprint density at radius 3 is 2.59 bits per heavy atom. The van der Waals surface area contributed by atoms with Crippen molar-refractivity contribution >= 4 is 34.8 Å². The lowest BCUT2D eigenvalue weighted by molar-refractivity contribution is -0.122. The predicted molar refractivity (Wildman–Crippen MR) is 111 cm³/mol. The van der Waals surface area contributed by atoms with Gasteiger partial charge in [0.05, 0.1) is 18.5 Å². The number of nitrogens with one attached hydrogen (secondary N) is 1. The van der Waals surface area contributed by atoms with Crippen LogP contribution in [0.5, 0.6) is 5.75 Å². The molecule has 29 heavy (non-hydrogen) atoms. The van der Waals surface area contributed by atoms with E-state index >= 15 is 0 Å². The molecule has 2 aliphatic heterocycles. The first-order valence-electron chi connectivity index (χ1n) is 9.76. The second-order valence-electron chi connectivity index (χ2n) is 7.19. The predicted octanol–water partition coefficient (Wildman–Crippen LogP) is 3.20. The van der Waals surface area contributed by atoms with Gasteiger partial charge in [0.25, 0.3) is 5.91 Å². The zero-order chi connectivity index (χ0) is 20.5. The van der Waals surface area contributed by atoms with Crippen molar-refractivity contribution in [3.8, 4) is 5.75 Å². The van der Waals surface area contributed by atoms with E-state index in [1.165, 1.54) is 0 Å². The number of fused-ring (bicyclic) bond motifs is 3. The average molecular weight is 393 g/mol. The van der Waals surface area contributed by atoms with Crippen molar-refractivity contribution in [2.75, 3.05) is 28.8 Å². The fourth-order valence-electron chi connectivity index (χ4n) is 3.93. The van der Waals surface area contributed by atoms with Gasteiger partial charge in [-0.3, -0.25) is 19.3 Å². The van der Waals surface area contributed by atoms with E-state index in [1.807, 2.05) is 6.92 Å². The Hall–Kier alpha value is -3.35. The highest BCUT2D eigenvalue weighted by Crippen LogP contribution is 2.41. The third kappa shape index (κ3) is 3.33. The van der Waals surface area contributed by atoms with Crippen molar-refractivity contribution in [3.63, 3.8) is 0 Å². The smallest absolute Gasteiger partial charge is 0.255 e. The van der Waals surface area contributed by atoms with Crippen LogP contribution in [0.2, 0.25) is 0 Å². The van der Waals surface area contributed by atoms with Crippen LogP contribution in [0, 0.1) is 0 Å². The molecule has 0 unspecified atom stereocenters. The highest BCUT2D eigenvalue weighted by Gasteiger charge is 2.44. The lowest BCUT2D eigenvalue weighted by Crippen LogP contribution is -2.52. The molecular weight excluding hydrogens is 370 g/mol. The Bertz CT molecular complexity index is 971. The van der Waals surface area contributed by atoms with Crippen molar-refractivity contribution < 1.29 is 19.1 Å². The molecule has 2 heterocycles. The molecule has 4 rings (SSSR count). The number of carbonyl (C=O) groups excluding carboxylic acids is 3. The van der Waals surface area contributed by atoms with E-state index in [9.17, 15) is 14.4 Å². The highest BCUT2D eigenvalue weighted by atomic mass is 16.5. The number of benzene rings is 2. The molecule has 1 fully saturated rings. The van der Waals surface area contributed by atoms with Crippen molar-refractivity contribution in [1.29, 1.82) is 0 Å². The largest absolute Gasteiger partial charge is 0.497 e. The van der Waals surface area contributed by atoms with E-state index < -0.39 is 6.04 Å². The van der Waals surface area contributed by atoms with Gasteiger partial charge in [-0.2, -0.15) is 0 Å². The Morgan fingerprint density at radius 2 is 1.90 bits per heavy atom. The quantitative estimate of drug-likeness (QED) is 0.846. The van der Waals surface area contributed by atoms with Crippen LogP contribution in [-0.4, -0.2) is 37.4 Å². The minimum Gasteiger partial charge on any atom is -0.497 e. The molecule has 1 N–H and O–H groups in total. The Kier molecular flexibility index (Phi) is 4.96. The number of hydrogen-bond donors (Lipinski definition) is 1. The van der Waals surface area contributed by atoms with Crippen molar-refractivity contribution in [1.82, 2.24) is 0 Å². The minimum atomic E-state index is -0.430. The van der Waals surface area contributed by atoms with Crippen LogP contribution >= 0.6 is 0 Å². The number of methoxy groups -OCH3 is 1. The second kappa shape index (κ2) is 7.58. The molecule has 7 heteroatoms. The first-order valence-corrected chi connectivity index (χ1v) is 9.76. The lowest BCUT2D eigenvalue weighted by atomic mass is 10.0. The van der Waals surface area contributed by atoms with Crippen LogP contribution < -0.4 is 19.9 Å². The third-order valence-electron chi connectivity index (χ3n) is 5.35. The number of amides is 3. The first kappa shape index (κ1) is 19.0. The van der Waals surface area contributed by atoms with Crippen LogP contribution in [0.25, 0.3) is 0 Å². The van der Waals surface area contributed by atoms with Crippen LogP contribution in [0.1, 0.15) is 36.5 Å². The zero-order valence-electron chi connectivity index (χ0n) is 16.5. The standard InChI is InChI=1S/C22H23N3O4/c1-3-12-24-19-13-14(21(27)23-15-5-7-16(29-2)8-6-15)4-9-17(19)25-18(22(24)28)10-11-20(25)26/h4-9,13,18H,3,10-12H2,1-2H3,(H,23,27)/t18-/m1/s1. The van der Waals surface area contributed by atoms with Crippen molar-refractivity contribution in [2.45, 2.75) is 32.2 Å². The number of ether oxygens (including phenoxy) is 1. The summed E-state index contributed by atoms with van der Waals surface area (Å²) >= 11 is 0. The lowest BCUT2D eigenvalue weighted by Gasteiger charge is -2.38. The number of nitrogens with zero attached hydrogens (tertiary/aromatic N) is 2. The molecule has 2 aromatic carbocycles. The van der Waals surface area contributed by atoms with Crippen LogP contribution in [0.3, 0.4) is 0 Å². The van der Waals surface area contributed by atoms with Gasteiger partial charge < -0.3 is 15.0 Å². The number of rotatable bonds is 5. The monoisotopic (exact) mass is 393 g/mol. The highest BCUT2D eigenvalue weighted by molar-refractivity contribution is 6.16. The minimum absolute atomic E-state index is 0.0452. The third-order valence-corrected chi connectivity index (χ3v) is 5.35. The van der Waals surface area contributed by atoms with Crippen LogP contribution in [-0.2, 0) is 9.59 Å². The summed E-state index contributed by atoms with van der Waals surface area (Å²) in [6.45, 7) is 2.55. The maximum Gasteiger partial charge on any atom is 0.255 e. The molecule has 0 spiro atoms. The molecule has 150 valence electrons. The fraction of sp³-hybridized carbons (Fsp3) is 0.318. The Balaban J connectivity index is 1.66. The van der Waals surface area contributed by atoms with Crippen molar-refractivity contribution in [2.24, 2.45) is 0 Å². The van der Waals surface area contributed by atoms with Crippen LogP contribution in [0.15, 0.2) is 42.5 Å². The SMILES string of the molecule is CCCN1C(=O)[C@H]2CCC(=O)N2c2ccc(C(=O)Nc3ccc(OC)cc3)cc21. The van der Waals surface area contributed by atoms with Gasteiger partial charge in [0.1, 0.15) is 11.8 Å². The zero-order valence-corrected chi connectivity index (χ0v) is 16.5. The van der Waals surface area contributed by atoms with Gasteiger partial charge in [-0.25, -0.2) is 0 Å². The molecule has 0 bridgehead atoms. The number of carbonyl (C=O) groups is 3. The number of hydrogen-bond acceptors (Lipinski definition) is 4. The molecule has 0 radical (unpaired) electrons. The van der Waals surface area contributed by atoms with Gasteiger partial charge in [0.2, 0.25) is 11.8 Å². The summed E-state index contributed by atoms with van der Waals surface area (Å²) < 4.78 is 5.13. The normalized spacial score (nSPS) is 17.8. The second-order valence-corrected chi connectivity index (χ2v) is 7.19. The van der Waals surface area contributed by atoms with Gasteiger partial charge in [0.15, 0.2) is 0 Å². The Labute approximate surface area is 169 Å². The van der Waals surface area contributed by atoms with E-state index in [-0.39, 0.29) is 17.7 Å². The van der Waals surface area contributed by atoms with E-state index in [4.69, 9.17) is 4.74 Å². The molecule has 1 atom stereocenters. The fourth-order valence-corrected chi connectivity index (χ4v) is 3.93. The molecule has 1 saturated heterocycles. The van der Waals surface area contributed by atoms with Gasteiger partial charge in [-0.05, 0) is 55.3 Å². The van der Waals surface area contributed by atoms with Gasteiger partial charge in [0, 0.05) is 24.2 Å². The maximum atomic E-state index is 13.0. The maximum absolute atomic E-state index is 13.0. The summed E-state index contributed by atoms with van der Waals surface area (Å²) in [7, 11) is 1.58. The molecule has 0 aromatic heterocycles. The first-order chi connectivity index (χ1) is 14.0. The summed E-state index contributed by atoms with van der Waals surface area (Å²) in [4.78, 5) is 41.4. The van der Waals surface area contributed by atoms with Crippen LogP contribution in [0.4, 0.5) is 17.1 Å². The van der Waals surface area contributed by atoms with Crippen molar-refractivity contribution in [3.05, 3.63) is 48.0 Å². The van der Waals surface area contributed by atoms with E-state index in [0.29, 0.717) is 47.8 Å². The molecule has 2 aliphatic rings. The summed E-state index contributed by atoms with van der Waals surface area (Å²) in [5, 5.41) is 2.85. The summed E-state index contributed by atoms with van der Waals surface area (Å²) in [6, 6.07) is 11.8. The van der Waals surface area contributed by atoms with Gasteiger partial charge >= 0.3 is 0 Å². The van der Waals surface area contributed by atoms with Gasteiger partial charge in [-0.15, -0.1) is 0 Å².